The monoisotopic (exact) mass is 457 g/mol. The molecular formula is C22H27N5O6. The van der Waals surface area contributed by atoms with E-state index in [0.29, 0.717) is 37.7 Å². The fraction of sp³-hybridized carbons (Fsp3) is 0.409. The van der Waals surface area contributed by atoms with Crippen molar-refractivity contribution in [1.82, 2.24) is 9.88 Å². The number of aromatic nitrogens is 1. The molecule has 0 saturated carbocycles. The van der Waals surface area contributed by atoms with Crippen LogP contribution in [0, 0.1) is 10.1 Å². The minimum atomic E-state index is -0.523. The molecule has 1 aliphatic rings. The summed E-state index contributed by atoms with van der Waals surface area (Å²) in [6.07, 6.45) is 1.35. The summed E-state index contributed by atoms with van der Waals surface area (Å²) in [5.74, 6) is 0.326. The number of benzene rings is 1. The van der Waals surface area contributed by atoms with Gasteiger partial charge in [0, 0.05) is 38.3 Å². The minimum absolute atomic E-state index is 0.0534. The average Bonchev–Trinajstić information content (AvgIpc) is 2.77. The van der Waals surface area contributed by atoms with Crippen LogP contribution in [0.5, 0.6) is 5.75 Å². The smallest absolute Gasteiger partial charge is 0.410 e. The molecule has 0 bridgehead atoms. The van der Waals surface area contributed by atoms with Crippen LogP contribution in [0.2, 0.25) is 0 Å². The highest BCUT2D eigenvalue weighted by atomic mass is 16.6. The lowest BCUT2D eigenvalue weighted by Crippen LogP contribution is -2.50. The van der Waals surface area contributed by atoms with Crippen LogP contribution in [0.15, 0.2) is 42.6 Å². The summed E-state index contributed by atoms with van der Waals surface area (Å²) in [6, 6.07) is 9.02. The third-order valence-corrected chi connectivity index (χ3v) is 4.73. The normalized spacial score (nSPS) is 13.9. The van der Waals surface area contributed by atoms with Gasteiger partial charge in [-0.25, -0.2) is 9.78 Å². The number of nitro benzene ring substituents is 1. The summed E-state index contributed by atoms with van der Waals surface area (Å²) in [5, 5.41) is 13.3. The fourth-order valence-corrected chi connectivity index (χ4v) is 3.11. The van der Waals surface area contributed by atoms with Crippen LogP contribution in [-0.4, -0.2) is 65.2 Å². The van der Waals surface area contributed by atoms with Gasteiger partial charge in [-0.1, -0.05) is 0 Å². The predicted molar refractivity (Wildman–Crippen MR) is 121 cm³/mol. The van der Waals surface area contributed by atoms with E-state index in [1.54, 1.807) is 17.2 Å². The molecule has 1 aromatic heterocycles. The second-order valence-electron chi connectivity index (χ2n) is 8.44. The lowest BCUT2D eigenvalue weighted by Gasteiger charge is -2.36. The lowest BCUT2D eigenvalue weighted by molar-refractivity contribution is -0.384. The summed E-state index contributed by atoms with van der Waals surface area (Å²) < 4.78 is 10.8. The molecule has 11 nitrogen and oxygen atoms in total. The van der Waals surface area contributed by atoms with Gasteiger partial charge in [-0.2, -0.15) is 0 Å². The van der Waals surface area contributed by atoms with Gasteiger partial charge in [0.25, 0.3) is 11.6 Å². The summed E-state index contributed by atoms with van der Waals surface area (Å²) in [7, 11) is 0. The first-order valence-corrected chi connectivity index (χ1v) is 10.5. The van der Waals surface area contributed by atoms with Crippen LogP contribution in [-0.2, 0) is 9.53 Å². The number of hydrogen-bond acceptors (Lipinski definition) is 8. The molecule has 2 heterocycles. The molecule has 0 spiro atoms. The number of rotatable bonds is 6. The summed E-state index contributed by atoms with van der Waals surface area (Å²) in [5.41, 5.74) is 0.312. The zero-order valence-corrected chi connectivity index (χ0v) is 18.8. The first-order chi connectivity index (χ1) is 15.6. The number of anilines is 2. The van der Waals surface area contributed by atoms with Crippen molar-refractivity contribution < 1.29 is 24.0 Å². The van der Waals surface area contributed by atoms with Gasteiger partial charge in [0.05, 0.1) is 16.8 Å². The molecule has 1 saturated heterocycles. The molecule has 0 unspecified atom stereocenters. The van der Waals surface area contributed by atoms with E-state index >= 15 is 0 Å². The molecule has 176 valence electrons. The van der Waals surface area contributed by atoms with E-state index in [2.05, 4.69) is 15.2 Å². The van der Waals surface area contributed by atoms with Gasteiger partial charge in [0.15, 0.2) is 6.61 Å². The van der Waals surface area contributed by atoms with Crippen molar-refractivity contribution in [3.63, 3.8) is 0 Å². The second-order valence-corrected chi connectivity index (χ2v) is 8.44. The third-order valence-electron chi connectivity index (χ3n) is 4.73. The number of pyridine rings is 1. The number of nitro groups is 1. The van der Waals surface area contributed by atoms with Crippen LogP contribution < -0.4 is 15.0 Å². The maximum Gasteiger partial charge on any atom is 0.410 e. The molecule has 33 heavy (non-hydrogen) atoms. The van der Waals surface area contributed by atoms with E-state index in [1.165, 1.54) is 24.3 Å². The highest BCUT2D eigenvalue weighted by molar-refractivity contribution is 5.91. The molecule has 0 aliphatic carbocycles. The Hall–Kier alpha value is -3.89. The Kier molecular flexibility index (Phi) is 7.31. The number of carbonyl (C=O) groups is 2. The van der Waals surface area contributed by atoms with Crippen LogP contribution >= 0.6 is 0 Å². The fourth-order valence-electron chi connectivity index (χ4n) is 3.11. The maximum absolute atomic E-state index is 12.2. The van der Waals surface area contributed by atoms with E-state index in [4.69, 9.17) is 9.47 Å². The number of piperazine rings is 1. The third kappa shape index (κ3) is 7.06. The molecule has 11 heteroatoms. The molecule has 2 aromatic rings. The van der Waals surface area contributed by atoms with Gasteiger partial charge < -0.3 is 24.6 Å². The quantitative estimate of drug-likeness (QED) is 0.518. The molecule has 1 N–H and O–H groups in total. The van der Waals surface area contributed by atoms with Gasteiger partial charge >= 0.3 is 6.09 Å². The second kappa shape index (κ2) is 10.2. The number of non-ortho nitro benzene ring substituents is 1. The molecule has 3 rings (SSSR count). The van der Waals surface area contributed by atoms with Crippen molar-refractivity contribution in [3.05, 3.63) is 52.7 Å². The van der Waals surface area contributed by atoms with Crippen molar-refractivity contribution >= 4 is 29.2 Å². The standard InChI is InChI=1S/C22H27N5O6/c1-22(2,3)33-21(29)26-12-10-25(11-13-26)17-6-9-19(23-14-17)24-20(28)15-32-18-7-4-16(5-8-18)27(30)31/h4-9,14H,10-13,15H2,1-3H3,(H,23,24,28). The van der Waals surface area contributed by atoms with E-state index < -0.39 is 16.4 Å². The molecule has 0 atom stereocenters. The Bertz CT molecular complexity index is 980. The van der Waals surface area contributed by atoms with Crippen molar-refractivity contribution in [2.75, 3.05) is 43.0 Å². The summed E-state index contributed by atoms with van der Waals surface area (Å²) >= 11 is 0. The van der Waals surface area contributed by atoms with Crippen molar-refractivity contribution in [3.8, 4) is 5.75 Å². The molecule has 2 amide bonds. The van der Waals surface area contributed by atoms with Crippen molar-refractivity contribution in [2.24, 2.45) is 0 Å². The Balaban J connectivity index is 1.45. The lowest BCUT2D eigenvalue weighted by atomic mass is 10.2. The van der Waals surface area contributed by atoms with Gasteiger partial charge in [0.2, 0.25) is 0 Å². The largest absolute Gasteiger partial charge is 0.484 e. The number of carbonyl (C=O) groups excluding carboxylic acids is 2. The van der Waals surface area contributed by atoms with Crippen LogP contribution in [0.4, 0.5) is 22.0 Å². The molecule has 1 aliphatic heterocycles. The van der Waals surface area contributed by atoms with E-state index in [0.717, 1.165) is 5.69 Å². The van der Waals surface area contributed by atoms with Gasteiger partial charge in [-0.3, -0.25) is 14.9 Å². The van der Waals surface area contributed by atoms with Crippen LogP contribution in [0.1, 0.15) is 20.8 Å². The summed E-state index contributed by atoms with van der Waals surface area (Å²) in [6.45, 7) is 7.67. The highest BCUT2D eigenvalue weighted by Crippen LogP contribution is 2.19. The zero-order chi connectivity index (χ0) is 24.0. The van der Waals surface area contributed by atoms with Gasteiger partial charge in [0.1, 0.15) is 17.2 Å². The molecular weight excluding hydrogens is 430 g/mol. The average molecular weight is 457 g/mol. The SMILES string of the molecule is CC(C)(C)OC(=O)N1CCN(c2ccc(NC(=O)COc3ccc([N+](=O)[O-])cc3)nc2)CC1. The molecule has 1 aromatic carbocycles. The van der Waals surface area contributed by atoms with Crippen molar-refractivity contribution in [2.45, 2.75) is 26.4 Å². The Morgan fingerprint density at radius 2 is 1.76 bits per heavy atom. The Labute approximate surface area is 191 Å². The highest BCUT2D eigenvalue weighted by Gasteiger charge is 2.26. The van der Waals surface area contributed by atoms with Crippen LogP contribution in [0.25, 0.3) is 0 Å². The van der Waals surface area contributed by atoms with E-state index in [-0.39, 0.29) is 18.4 Å². The number of nitrogens with zero attached hydrogens (tertiary/aromatic N) is 4. The minimum Gasteiger partial charge on any atom is -0.484 e. The topological polar surface area (TPSA) is 127 Å². The van der Waals surface area contributed by atoms with Gasteiger partial charge in [-0.05, 0) is 45.0 Å². The van der Waals surface area contributed by atoms with E-state index in [1.807, 2.05) is 26.8 Å². The molecule has 1 fully saturated rings. The predicted octanol–water partition coefficient (Wildman–Crippen LogP) is 3.06. The zero-order valence-electron chi connectivity index (χ0n) is 18.8. The number of amides is 2. The van der Waals surface area contributed by atoms with Crippen LogP contribution in [0.3, 0.4) is 0 Å². The van der Waals surface area contributed by atoms with Crippen molar-refractivity contribution in [1.29, 1.82) is 0 Å². The molecule has 0 radical (unpaired) electrons. The van der Waals surface area contributed by atoms with E-state index in [9.17, 15) is 19.7 Å². The number of nitrogens with one attached hydrogen (secondary N) is 1. The number of hydrogen-bond donors (Lipinski definition) is 1. The first-order valence-electron chi connectivity index (χ1n) is 10.5. The Morgan fingerprint density at radius 1 is 1.09 bits per heavy atom. The summed E-state index contributed by atoms with van der Waals surface area (Å²) in [4.78, 5) is 42.5. The maximum atomic E-state index is 12.2. The van der Waals surface area contributed by atoms with Gasteiger partial charge in [-0.15, -0.1) is 0 Å². The first kappa shape index (κ1) is 23.8. The number of ether oxygens (including phenoxy) is 2. The Morgan fingerprint density at radius 3 is 2.30 bits per heavy atom.